The molecule has 2 rings (SSSR count). The predicted octanol–water partition coefficient (Wildman–Crippen LogP) is -1.55. The van der Waals surface area contributed by atoms with E-state index in [0.29, 0.717) is 6.42 Å². The molecule has 1 aliphatic carbocycles. The number of H-pyrrole nitrogens is 1. The van der Waals surface area contributed by atoms with Crippen LogP contribution >= 0.6 is 0 Å². The lowest BCUT2D eigenvalue weighted by atomic mass is 9.77. The van der Waals surface area contributed by atoms with Crippen LogP contribution in [0.1, 0.15) is 12.5 Å². The summed E-state index contributed by atoms with van der Waals surface area (Å²) in [6, 6.07) is 0.895. The first-order valence-electron chi connectivity index (χ1n) is 4.74. The normalized spacial score (nSPS) is 29.9. The van der Waals surface area contributed by atoms with Crippen molar-refractivity contribution in [2.24, 2.45) is 5.92 Å². The van der Waals surface area contributed by atoms with Gasteiger partial charge < -0.3 is 10.2 Å². The number of aliphatic hydroxyl groups is 2. The van der Waals surface area contributed by atoms with Gasteiger partial charge in [0.05, 0.1) is 12.1 Å². The minimum Gasteiger partial charge on any atom is -0.396 e. The molecule has 3 N–H and O–H groups in total. The van der Waals surface area contributed by atoms with Crippen LogP contribution in [-0.2, 0) is 0 Å². The van der Waals surface area contributed by atoms with Crippen molar-refractivity contribution in [1.82, 2.24) is 9.55 Å². The van der Waals surface area contributed by atoms with E-state index in [1.54, 1.807) is 0 Å². The molecule has 15 heavy (non-hydrogen) atoms. The van der Waals surface area contributed by atoms with Crippen LogP contribution in [-0.4, -0.2) is 32.5 Å². The van der Waals surface area contributed by atoms with Gasteiger partial charge in [-0.15, -0.1) is 0 Å². The Hall–Kier alpha value is -1.40. The molecule has 0 spiro atoms. The van der Waals surface area contributed by atoms with E-state index in [9.17, 15) is 14.7 Å². The maximum atomic E-state index is 11.3. The maximum Gasteiger partial charge on any atom is 0.328 e. The van der Waals surface area contributed by atoms with Gasteiger partial charge in [0.15, 0.2) is 0 Å². The monoisotopic (exact) mass is 212 g/mol. The van der Waals surface area contributed by atoms with Crippen molar-refractivity contribution in [3.8, 4) is 0 Å². The molecule has 1 heterocycles. The number of nitrogens with one attached hydrogen (secondary N) is 1. The SMILES string of the molecule is O=c1ccn([C@@H]2C[C@H](CO)[C@H]2O)c(=O)[nH]1. The van der Waals surface area contributed by atoms with E-state index in [-0.39, 0.29) is 18.6 Å². The third-order valence-corrected chi connectivity index (χ3v) is 2.86. The lowest BCUT2D eigenvalue weighted by molar-refractivity contribution is -0.0579. The van der Waals surface area contributed by atoms with Crippen molar-refractivity contribution < 1.29 is 10.2 Å². The minimum absolute atomic E-state index is 0.0875. The van der Waals surface area contributed by atoms with E-state index in [0.717, 1.165) is 0 Å². The zero-order valence-corrected chi connectivity index (χ0v) is 7.96. The van der Waals surface area contributed by atoms with E-state index in [1.807, 2.05) is 0 Å². The second kappa shape index (κ2) is 3.63. The summed E-state index contributed by atoms with van der Waals surface area (Å²) in [5.74, 6) is -0.172. The highest BCUT2D eigenvalue weighted by Crippen LogP contribution is 2.36. The zero-order chi connectivity index (χ0) is 11.0. The van der Waals surface area contributed by atoms with Crippen LogP contribution in [0.15, 0.2) is 21.9 Å². The van der Waals surface area contributed by atoms with Crippen LogP contribution < -0.4 is 11.2 Å². The van der Waals surface area contributed by atoms with Crippen molar-refractivity contribution in [2.75, 3.05) is 6.61 Å². The highest BCUT2D eigenvalue weighted by molar-refractivity contribution is 4.96. The van der Waals surface area contributed by atoms with E-state index >= 15 is 0 Å². The molecule has 0 bridgehead atoms. The predicted molar refractivity (Wildman–Crippen MR) is 51.6 cm³/mol. The van der Waals surface area contributed by atoms with Crippen molar-refractivity contribution >= 4 is 0 Å². The van der Waals surface area contributed by atoms with Gasteiger partial charge in [0.2, 0.25) is 0 Å². The van der Waals surface area contributed by atoms with Crippen LogP contribution in [0.5, 0.6) is 0 Å². The van der Waals surface area contributed by atoms with Gasteiger partial charge in [-0.1, -0.05) is 0 Å². The van der Waals surface area contributed by atoms with Crippen LogP contribution in [0.4, 0.5) is 0 Å². The van der Waals surface area contributed by atoms with Crippen LogP contribution in [0.25, 0.3) is 0 Å². The first-order valence-corrected chi connectivity index (χ1v) is 4.74. The molecule has 0 unspecified atom stereocenters. The molecule has 6 nitrogen and oxygen atoms in total. The Labute approximate surface area is 84.8 Å². The number of aliphatic hydroxyl groups excluding tert-OH is 2. The summed E-state index contributed by atoms with van der Waals surface area (Å²) in [7, 11) is 0. The molecular weight excluding hydrogens is 200 g/mol. The molecule has 0 radical (unpaired) electrons. The summed E-state index contributed by atoms with van der Waals surface area (Å²) < 4.78 is 1.29. The summed E-state index contributed by atoms with van der Waals surface area (Å²) >= 11 is 0. The Kier molecular flexibility index (Phi) is 2.45. The molecule has 0 aromatic carbocycles. The van der Waals surface area contributed by atoms with Crippen molar-refractivity contribution in [3.05, 3.63) is 33.1 Å². The molecule has 1 aromatic heterocycles. The maximum absolute atomic E-state index is 11.3. The number of nitrogens with zero attached hydrogens (tertiary/aromatic N) is 1. The van der Waals surface area contributed by atoms with E-state index < -0.39 is 17.4 Å². The fraction of sp³-hybridized carbons (Fsp3) is 0.556. The van der Waals surface area contributed by atoms with Gasteiger partial charge in [-0.05, 0) is 6.42 Å². The molecule has 6 heteroatoms. The Morgan fingerprint density at radius 3 is 2.80 bits per heavy atom. The Morgan fingerprint density at radius 1 is 1.53 bits per heavy atom. The fourth-order valence-electron chi connectivity index (χ4n) is 1.86. The summed E-state index contributed by atoms with van der Waals surface area (Å²) in [5, 5.41) is 18.4. The number of aromatic nitrogens is 2. The van der Waals surface area contributed by atoms with E-state index in [1.165, 1.54) is 16.8 Å². The van der Waals surface area contributed by atoms with Crippen molar-refractivity contribution in [2.45, 2.75) is 18.6 Å². The Bertz CT molecular complexity index is 464. The topological polar surface area (TPSA) is 95.3 Å². The molecule has 1 fully saturated rings. The van der Waals surface area contributed by atoms with Crippen molar-refractivity contribution in [3.63, 3.8) is 0 Å². The standard InChI is InChI=1S/C9H12N2O4/c12-4-5-3-6(8(5)14)11-2-1-7(13)10-9(11)15/h1-2,5-6,8,12,14H,3-4H2,(H,10,13,15)/t5-,6-,8-/m1/s1. The van der Waals surface area contributed by atoms with Crippen molar-refractivity contribution in [1.29, 1.82) is 0 Å². The molecule has 1 aromatic rings. The summed E-state index contributed by atoms with van der Waals surface area (Å²) in [6.07, 6.45) is 1.19. The quantitative estimate of drug-likeness (QED) is 0.553. The highest BCUT2D eigenvalue weighted by Gasteiger charge is 2.40. The molecule has 3 atom stereocenters. The first-order chi connectivity index (χ1) is 7.13. The molecule has 82 valence electrons. The zero-order valence-electron chi connectivity index (χ0n) is 7.96. The minimum atomic E-state index is -0.724. The molecule has 1 saturated carbocycles. The summed E-state index contributed by atoms with van der Waals surface area (Å²) in [6.45, 7) is -0.0875. The van der Waals surface area contributed by atoms with Gasteiger partial charge in [-0.25, -0.2) is 4.79 Å². The molecule has 1 aliphatic rings. The number of rotatable bonds is 2. The number of aromatic amines is 1. The summed E-state index contributed by atoms with van der Waals surface area (Å²) in [5.41, 5.74) is -0.980. The van der Waals surface area contributed by atoms with Gasteiger partial charge in [-0.3, -0.25) is 14.3 Å². The van der Waals surface area contributed by atoms with Gasteiger partial charge in [-0.2, -0.15) is 0 Å². The fourth-order valence-corrected chi connectivity index (χ4v) is 1.86. The second-order valence-electron chi connectivity index (χ2n) is 3.75. The second-order valence-corrected chi connectivity index (χ2v) is 3.75. The van der Waals surface area contributed by atoms with Gasteiger partial charge in [0.25, 0.3) is 5.56 Å². The number of hydrogen-bond donors (Lipinski definition) is 3. The lowest BCUT2D eigenvalue weighted by Crippen LogP contribution is -2.49. The third-order valence-electron chi connectivity index (χ3n) is 2.86. The lowest BCUT2D eigenvalue weighted by Gasteiger charge is -2.40. The molecule has 0 amide bonds. The largest absolute Gasteiger partial charge is 0.396 e. The summed E-state index contributed by atoms with van der Waals surface area (Å²) in [4.78, 5) is 24.3. The smallest absolute Gasteiger partial charge is 0.328 e. The van der Waals surface area contributed by atoms with Crippen LogP contribution in [0, 0.1) is 5.92 Å². The Morgan fingerprint density at radius 2 is 2.27 bits per heavy atom. The molecule has 0 saturated heterocycles. The Balaban J connectivity index is 2.26. The number of hydrogen-bond acceptors (Lipinski definition) is 4. The van der Waals surface area contributed by atoms with E-state index in [4.69, 9.17) is 5.11 Å². The van der Waals surface area contributed by atoms with Gasteiger partial charge in [0.1, 0.15) is 0 Å². The molecule has 0 aliphatic heterocycles. The van der Waals surface area contributed by atoms with Crippen LogP contribution in [0.3, 0.4) is 0 Å². The van der Waals surface area contributed by atoms with Gasteiger partial charge >= 0.3 is 5.69 Å². The van der Waals surface area contributed by atoms with Crippen LogP contribution in [0.2, 0.25) is 0 Å². The third kappa shape index (κ3) is 1.62. The van der Waals surface area contributed by atoms with E-state index in [2.05, 4.69) is 4.98 Å². The highest BCUT2D eigenvalue weighted by atomic mass is 16.3. The average molecular weight is 212 g/mol. The molecular formula is C9H12N2O4. The first kappa shape index (κ1) is 10.1. The van der Waals surface area contributed by atoms with Gasteiger partial charge in [0, 0.05) is 24.8 Å². The average Bonchev–Trinajstić information content (AvgIpc) is 2.20.